The molecule has 4 nitrogen and oxygen atoms in total. The molecule has 0 radical (unpaired) electrons. The lowest BCUT2D eigenvalue weighted by molar-refractivity contribution is -0.117. The number of fused-ring (bicyclic) bond motifs is 1. The lowest BCUT2D eigenvalue weighted by Gasteiger charge is -2.18. The first-order valence-corrected chi connectivity index (χ1v) is 12.1. The molecule has 1 aromatic carbocycles. The average molecular weight is 434 g/mol. The first-order chi connectivity index (χ1) is 14.9. The van der Waals surface area contributed by atoms with E-state index in [-0.39, 0.29) is 5.91 Å². The number of aromatic amines is 1. The van der Waals surface area contributed by atoms with E-state index in [2.05, 4.69) is 37.4 Å². The molecule has 2 aromatic rings. The molecule has 2 heterocycles. The number of aromatic nitrogens is 1. The van der Waals surface area contributed by atoms with Gasteiger partial charge in [0.2, 0.25) is 5.91 Å². The van der Waals surface area contributed by atoms with Gasteiger partial charge in [-0.2, -0.15) is 0 Å². The molecule has 1 unspecified atom stereocenters. The van der Waals surface area contributed by atoms with Crippen molar-refractivity contribution >= 4 is 16.8 Å². The van der Waals surface area contributed by atoms with Gasteiger partial charge in [-0.15, -0.1) is 0 Å². The number of hydrogen-bond acceptors (Lipinski definition) is 2. The number of rotatable bonds is 3. The first-order valence-electron chi connectivity index (χ1n) is 12.1. The fraction of sp³-hybridized carbons (Fsp3) is 0.593. The second kappa shape index (κ2) is 21.2. The number of hydrogen-bond donors (Lipinski definition) is 2. The highest BCUT2D eigenvalue weighted by Crippen LogP contribution is 2.24. The standard InChI is InChI=1S/C10H10N2O.C9H17N.4C2H6/c11-10(13)5-7-6-12-9-4-2-1-3-8(7)9;1-7(2)9-5-8(3)6-10(9)4;4*1-2/h1-4,6,12H,5H2,(H2,11,13);8-9H,1,5-6H2,2-4H3;4*1-2H3/t;8?,9-;;;;/m.1..../s1. The molecule has 1 amide bonds. The minimum Gasteiger partial charge on any atom is -0.369 e. The Morgan fingerprint density at radius 3 is 2.00 bits per heavy atom. The van der Waals surface area contributed by atoms with Gasteiger partial charge in [-0.3, -0.25) is 9.69 Å². The van der Waals surface area contributed by atoms with Crippen molar-refractivity contribution in [1.29, 1.82) is 0 Å². The normalized spacial score (nSPS) is 16.4. The topological polar surface area (TPSA) is 62.1 Å². The van der Waals surface area contributed by atoms with Crippen molar-refractivity contribution in [1.82, 2.24) is 9.88 Å². The van der Waals surface area contributed by atoms with E-state index in [0.717, 1.165) is 22.4 Å². The maximum Gasteiger partial charge on any atom is 0.221 e. The minimum absolute atomic E-state index is 0.296. The van der Waals surface area contributed by atoms with E-state index in [1.54, 1.807) is 0 Å². The van der Waals surface area contributed by atoms with Crippen LogP contribution in [0.4, 0.5) is 0 Å². The predicted molar refractivity (Wildman–Crippen MR) is 142 cm³/mol. The van der Waals surface area contributed by atoms with Gasteiger partial charge in [0.1, 0.15) is 0 Å². The van der Waals surface area contributed by atoms with Gasteiger partial charge < -0.3 is 10.7 Å². The lowest BCUT2D eigenvalue weighted by atomic mass is 10.0. The van der Waals surface area contributed by atoms with Crippen molar-refractivity contribution in [3.05, 3.63) is 48.2 Å². The van der Waals surface area contributed by atoms with Crippen LogP contribution in [0.2, 0.25) is 0 Å². The zero-order valence-corrected chi connectivity index (χ0v) is 22.3. The highest BCUT2D eigenvalue weighted by atomic mass is 16.1. The molecular weight excluding hydrogens is 382 g/mol. The summed E-state index contributed by atoms with van der Waals surface area (Å²) in [6, 6.07) is 8.49. The van der Waals surface area contributed by atoms with Gasteiger partial charge in [0, 0.05) is 29.7 Å². The molecule has 2 atom stereocenters. The molecule has 31 heavy (non-hydrogen) atoms. The number of nitrogens with zero attached hydrogens (tertiary/aromatic N) is 1. The van der Waals surface area contributed by atoms with Crippen LogP contribution >= 0.6 is 0 Å². The lowest BCUT2D eigenvalue weighted by Crippen LogP contribution is -2.25. The number of likely N-dealkylation sites (tertiary alicyclic amines) is 1. The van der Waals surface area contributed by atoms with Crippen LogP contribution in [0.3, 0.4) is 0 Å². The summed E-state index contributed by atoms with van der Waals surface area (Å²) in [7, 11) is 2.18. The second-order valence-electron chi connectivity index (χ2n) is 6.65. The number of carbonyl (C=O) groups excluding carboxylic acids is 1. The smallest absolute Gasteiger partial charge is 0.221 e. The third kappa shape index (κ3) is 13.1. The molecular formula is C27H51N3O. The Bertz CT molecular complexity index is 691. The van der Waals surface area contributed by atoms with E-state index in [4.69, 9.17) is 5.73 Å². The van der Waals surface area contributed by atoms with Crippen molar-refractivity contribution < 1.29 is 4.79 Å². The van der Waals surface area contributed by atoms with Crippen LogP contribution in [-0.2, 0) is 11.2 Å². The van der Waals surface area contributed by atoms with Crippen molar-refractivity contribution in [2.24, 2.45) is 11.7 Å². The van der Waals surface area contributed by atoms with E-state index in [1.165, 1.54) is 18.5 Å². The summed E-state index contributed by atoms with van der Waals surface area (Å²) in [6.45, 7) is 25.6. The van der Waals surface area contributed by atoms with Gasteiger partial charge in [-0.25, -0.2) is 0 Å². The predicted octanol–water partition coefficient (Wildman–Crippen LogP) is 7.20. The van der Waals surface area contributed by atoms with Crippen molar-refractivity contribution in [3.8, 4) is 0 Å². The molecule has 0 aliphatic carbocycles. The van der Waals surface area contributed by atoms with Crippen LogP contribution in [0.25, 0.3) is 10.9 Å². The number of nitrogens with one attached hydrogen (secondary N) is 1. The molecule has 1 fully saturated rings. The number of para-hydroxylation sites is 1. The quantitative estimate of drug-likeness (QED) is 0.503. The van der Waals surface area contributed by atoms with Gasteiger partial charge in [-0.05, 0) is 37.9 Å². The number of carbonyl (C=O) groups is 1. The molecule has 0 bridgehead atoms. The third-order valence-corrected chi connectivity index (χ3v) is 4.37. The Morgan fingerprint density at radius 1 is 1.10 bits per heavy atom. The average Bonchev–Trinajstić information content (AvgIpc) is 3.36. The number of nitrogens with two attached hydrogens (primary N) is 1. The summed E-state index contributed by atoms with van der Waals surface area (Å²) < 4.78 is 0. The fourth-order valence-electron chi connectivity index (χ4n) is 3.30. The molecule has 1 aromatic heterocycles. The maximum atomic E-state index is 10.7. The van der Waals surface area contributed by atoms with Crippen molar-refractivity contribution in [3.63, 3.8) is 0 Å². The Hall–Kier alpha value is -2.07. The van der Waals surface area contributed by atoms with Crippen LogP contribution in [0, 0.1) is 5.92 Å². The third-order valence-electron chi connectivity index (χ3n) is 4.37. The highest BCUT2D eigenvalue weighted by molar-refractivity contribution is 5.88. The zero-order valence-electron chi connectivity index (χ0n) is 22.3. The number of primary amides is 1. The SMILES string of the molecule is C=C(C)[C@H]1CC(C)CN1C.CC.CC.CC.CC.NC(=O)Cc1c[nH]c2ccccc12. The number of benzene rings is 1. The van der Waals surface area contributed by atoms with Crippen molar-refractivity contribution in [2.75, 3.05) is 13.6 Å². The Labute approximate surface area is 193 Å². The first kappa shape index (κ1) is 33.6. The molecule has 1 aliphatic heterocycles. The molecule has 4 heteroatoms. The molecule has 180 valence electrons. The summed E-state index contributed by atoms with van der Waals surface area (Å²) in [4.78, 5) is 16.2. The molecule has 1 saturated heterocycles. The summed E-state index contributed by atoms with van der Waals surface area (Å²) in [5.41, 5.74) is 8.44. The summed E-state index contributed by atoms with van der Waals surface area (Å²) in [6.07, 6.45) is 3.42. The summed E-state index contributed by atoms with van der Waals surface area (Å²) in [5.74, 6) is 0.552. The fourth-order valence-corrected chi connectivity index (χ4v) is 3.30. The van der Waals surface area contributed by atoms with Crippen LogP contribution < -0.4 is 5.73 Å². The summed E-state index contributed by atoms with van der Waals surface area (Å²) >= 11 is 0. The van der Waals surface area contributed by atoms with E-state index >= 15 is 0 Å². The van der Waals surface area contributed by atoms with Gasteiger partial charge in [0.05, 0.1) is 6.42 Å². The van der Waals surface area contributed by atoms with Gasteiger partial charge in [-0.1, -0.05) is 92.7 Å². The molecule has 3 rings (SSSR count). The van der Waals surface area contributed by atoms with Gasteiger partial charge >= 0.3 is 0 Å². The monoisotopic (exact) mass is 433 g/mol. The van der Waals surface area contributed by atoms with E-state index in [9.17, 15) is 4.79 Å². The van der Waals surface area contributed by atoms with Gasteiger partial charge in [0.15, 0.2) is 0 Å². The van der Waals surface area contributed by atoms with E-state index < -0.39 is 0 Å². The van der Waals surface area contributed by atoms with Crippen molar-refractivity contribution in [2.45, 2.75) is 88.1 Å². The van der Waals surface area contributed by atoms with E-state index in [0.29, 0.717) is 12.5 Å². The Balaban J connectivity index is -0.000000390. The maximum absolute atomic E-state index is 10.7. The Morgan fingerprint density at radius 2 is 1.61 bits per heavy atom. The molecule has 0 saturated carbocycles. The molecule has 1 aliphatic rings. The van der Waals surface area contributed by atoms with Crippen LogP contribution in [0.15, 0.2) is 42.6 Å². The van der Waals surface area contributed by atoms with Crippen LogP contribution in [0.5, 0.6) is 0 Å². The minimum atomic E-state index is -0.301. The van der Waals surface area contributed by atoms with E-state index in [1.807, 2.05) is 85.9 Å². The highest BCUT2D eigenvalue weighted by Gasteiger charge is 2.26. The number of amides is 1. The number of H-pyrrole nitrogens is 1. The zero-order chi connectivity index (χ0) is 25.0. The second-order valence-corrected chi connectivity index (χ2v) is 6.65. The number of likely N-dealkylation sites (N-methyl/N-ethyl adjacent to an activating group) is 1. The van der Waals surface area contributed by atoms with Gasteiger partial charge in [0.25, 0.3) is 0 Å². The molecule has 0 spiro atoms. The molecule has 3 N–H and O–H groups in total. The van der Waals surface area contributed by atoms with Crippen LogP contribution in [-0.4, -0.2) is 35.4 Å². The summed E-state index contributed by atoms with van der Waals surface area (Å²) in [5, 5.41) is 1.07. The Kier molecular flexibility index (Phi) is 22.9. The largest absolute Gasteiger partial charge is 0.369 e. The van der Waals surface area contributed by atoms with Crippen LogP contribution in [0.1, 0.15) is 81.2 Å².